The molecule has 4 nitrogen and oxygen atoms in total. The minimum absolute atomic E-state index is 0.113. The van der Waals surface area contributed by atoms with Crippen LogP contribution in [0.4, 0.5) is 0 Å². The maximum absolute atomic E-state index is 13.3. The number of rotatable bonds is 5. The predicted octanol–water partition coefficient (Wildman–Crippen LogP) is 5.86. The summed E-state index contributed by atoms with van der Waals surface area (Å²) in [4.78, 5) is 26.6. The fourth-order valence-electron chi connectivity index (χ4n) is 2.98. The van der Waals surface area contributed by atoms with E-state index in [-0.39, 0.29) is 22.8 Å². The van der Waals surface area contributed by atoms with Gasteiger partial charge in [0.15, 0.2) is 5.78 Å². The van der Waals surface area contributed by atoms with E-state index in [1.54, 1.807) is 47.3 Å². The van der Waals surface area contributed by atoms with Gasteiger partial charge in [-0.2, -0.15) is 5.10 Å². The number of aromatic nitrogens is 2. The van der Waals surface area contributed by atoms with Crippen molar-refractivity contribution in [3.8, 4) is 5.69 Å². The zero-order valence-corrected chi connectivity index (χ0v) is 18.2. The van der Waals surface area contributed by atoms with Crippen molar-refractivity contribution in [1.29, 1.82) is 0 Å². The Hall–Kier alpha value is -2.83. The van der Waals surface area contributed by atoms with Gasteiger partial charge >= 0.3 is 0 Å². The zero-order chi connectivity index (χ0) is 20.4. The highest BCUT2D eigenvalue weighted by Crippen LogP contribution is 2.26. The van der Waals surface area contributed by atoms with Gasteiger partial charge in [0.1, 0.15) is 5.69 Å². The summed E-state index contributed by atoms with van der Waals surface area (Å²) in [5, 5.41) is 4.48. The van der Waals surface area contributed by atoms with Crippen LogP contribution in [-0.4, -0.2) is 21.3 Å². The van der Waals surface area contributed by atoms with Crippen LogP contribution in [0.25, 0.3) is 5.69 Å². The van der Waals surface area contributed by atoms with E-state index in [4.69, 9.17) is 0 Å². The molecule has 1 heterocycles. The quantitative estimate of drug-likeness (QED) is 0.316. The van der Waals surface area contributed by atoms with E-state index in [0.717, 1.165) is 5.69 Å². The third kappa shape index (κ3) is 3.86. The van der Waals surface area contributed by atoms with E-state index < -0.39 is 0 Å². The van der Waals surface area contributed by atoms with Gasteiger partial charge in [-0.05, 0) is 36.4 Å². The summed E-state index contributed by atoms with van der Waals surface area (Å²) in [5.41, 5.74) is 2.05. The Bertz CT molecular complexity index is 1140. The summed E-state index contributed by atoms with van der Waals surface area (Å²) in [5.74, 6) is -0.586. The lowest BCUT2D eigenvalue weighted by atomic mass is 9.99. The van der Waals surface area contributed by atoms with Gasteiger partial charge in [0.05, 0.1) is 11.3 Å². The normalized spacial score (nSPS) is 10.7. The maximum Gasteiger partial charge on any atom is 0.215 e. The molecule has 3 aromatic carbocycles. The number of hydrogen-bond acceptors (Lipinski definition) is 3. The van der Waals surface area contributed by atoms with Crippen LogP contribution in [0.15, 0.2) is 94.0 Å². The second kappa shape index (κ2) is 8.27. The average molecular weight is 510 g/mol. The SMILES string of the molecule is O=C(c1ccccc1Br)c1cn(-c2ccccc2)nc1C(=O)c1ccccc1Br. The van der Waals surface area contributed by atoms with Gasteiger partial charge in [-0.1, -0.05) is 74.3 Å². The molecule has 0 bridgehead atoms. The zero-order valence-electron chi connectivity index (χ0n) is 15.0. The molecular formula is C23H14Br2N2O2. The molecule has 0 saturated heterocycles. The highest BCUT2D eigenvalue weighted by atomic mass is 79.9. The lowest BCUT2D eigenvalue weighted by molar-refractivity contribution is 0.1000. The first kappa shape index (κ1) is 19.5. The van der Waals surface area contributed by atoms with Crippen LogP contribution in [0.5, 0.6) is 0 Å². The Kier molecular flexibility index (Phi) is 5.56. The number of ketones is 2. The van der Waals surface area contributed by atoms with Crippen molar-refractivity contribution in [1.82, 2.24) is 9.78 Å². The molecule has 0 saturated carbocycles. The van der Waals surface area contributed by atoms with Crippen molar-refractivity contribution >= 4 is 43.4 Å². The molecule has 0 fully saturated rings. The van der Waals surface area contributed by atoms with E-state index in [0.29, 0.717) is 20.1 Å². The second-order valence-electron chi connectivity index (χ2n) is 6.29. The van der Waals surface area contributed by atoms with Crippen molar-refractivity contribution in [2.24, 2.45) is 0 Å². The topological polar surface area (TPSA) is 52.0 Å². The summed E-state index contributed by atoms with van der Waals surface area (Å²) >= 11 is 6.84. The molecule has 4 aromatic rings. The third-order valence-corrected chi connectivity index (χ3v) is 5.81. The van der Waals surface area contributed by atoms with Crippen LogP contribution in [-0.2, 0) is 0 Å². The number of hydrogen-bond donors (Lipinski definition) is 0. The van der Waals surface area contributed by atoms with Crippen molar-refractivity contribution < 1.29 is 9.59 Å². The van der Waals surface area contributed by atoms with Crippen molar-refractivity contribution in [3.05, 3.63) is 116 Å². The second-order valence-corrected chi connectivity index (χ2v) is 8.00. The maximum atomic E-state index is 13.3. The van der Waals surface area contributed by atoms with Crippen LogP contribution >= 0.6 is 31.9 Å². The van der Waals surface area contributed by atoms with Gasteiger partial charge in [0.2, 0.25) is 5.78 Å². The van der Waals surface area contributed by atoms with Crippen molar-refractivity contribution in [2.75, 3.05) is 0 Å². The van der Waals surface area contributed by atoms with E-state index in [9.17, 15) is 9.59 Å². The third-order valence-electron chi connectivity index (χ3n) is 4.43. The van der Waals surface area contributed by atoms with Crippen LogP contribution in [0.2, 0.25) is 0 Å². The summed E-state index contributed by atoms with van der Waals surface area (Å²) in [6, 6.07) is 23.6. The summed E-state index contributed by atoms with van der Waals surface area (Å²) in [7, 11) is 0. The monoisotopic (exact) mass is 508 g/mol. The van der Waals surface area contributed by atoms with E-state index in [1.165, 1.54) is 0 Å². The highest BCUT2D eigenvalue weighted by Gasteiger charge is 2.26. The van der Waals surface area contributed by atoms with Gasteiger partial charge in [0.25, 0.3) is 0 Å². The number of halogens is 2. The first-order chi connectivity index (χ1) is 14.1. The van der Waals surface area contributed by atoms with Crippen molar-refractivity contribution in [2.45, 2.75) is 0 Å². The number of nitrogens with zero attached hydrogens (tertiary/aromatic N) is 2. The van der Waals surface area contributed by atoms with Gasteiger partial charge in [-0.25, -0.2) is 4.68 Å². The molecule has 0 aliphatic carbocycles. The molecule has 0 aliphatic rings. The molecule has 0 atom stereocenters. The Morgan fingerprint density at radius 1 is 0.655 bits per heavy atom. The van der Waals surface area contributed by atoms with E-state index in [2.05, 4.69) is 37.0 Å². The molecule has 1 aromatic heterocycles. The molecule has 29 heavy (non-hydrogen) atoms. The van der Waals surface area contributed by atoms with Gasteiger partial charge in [0, 0.05) is 26.3 Å². The highest BCUT2D eigenvalue weighted by molar-refractivity contribution is 9.10. The van der Waals surface area contributed by atoms with Gasteiger partial charge < -0.3 is 0 Å². The average Bonchev–Trinajstić information content (AvgIpc) is 3.20. The van der Waals surface area contributed by atoms with Crippen molar-refractivity contribution in [3.63, 3.8) is 0 Å². The number of carbonyl (C=O) groups excluding carboxylic acids is 2. The first-order valence-corrected chi connectivity index (χ1v) is 10.4. The summed E-state index contributed by atoms with van der Waals surface area (Å²) in [6.45, 7) is 0. The van der Waals surface area contributed by atoms with Crippen LogP contribution in [0.1, 0.15) is 32.0 Å². The first-order valence-electron chi connectivity index (χ1n) is 8.80. The Morgan fingerprint density at radius 3 is 1.76 bits per heavy atom. The fraction of sp³-hybridized carbons (Fsp3) is 0. The Labute approximate surface area is 184 Å². The van der Waals surface area contributed by atoms with Gasteiger partial charge in [-0.15, -0.1) is 0 Å². The smallest absolute Gasteiger partial charge is 0.215 e. The number of carbonyl (C=O) groups is 2. The molecule has 0 amide bonds. The number of benzene rings is 3. The van der Waals surface area contributed by atoms with Crippen LogP contribution in [0.3, 0.4) is 0 Å². The standard InChI is InChI=1S/C23H14Br2N2O2/c24-19-12-6-4-10-16(19)22(28)18-14-27(15-8-2-1-3-9-15)26-21(18)23(29)17-11-5-7-13-20(17)25/h1-14H. The van der Waals surface area contributed by atoms with E-state index >= 15 is 0 Å². The minimum Gasteiger partial charge on any atom is -0.288 e. The molecule has 0 unspecified atom stereocenters. The molecular weight excluding hydrogens is 496 g/mol. The largest absolute Gasteiger partial charge is 0.288 e. The molecule has 0 spiro atoms. The molecule has 0 aliphatic heterocycles. The minimum atomic E-state index is -0.317. The molecule has 0 N–H and O–H groups in total. The van der Waals surface area contributed by atoms with Crippen LogP contribution < -0.4 is 0 Å². The molecule has 4 rings (SSSR count). The molecule has 0 radical (unpaired) electrons. The van der Waals surface area contributed by atoms with E-state index in [1.807, 2.05) is 42.5 Å². The lowest BCUT2D eigenvalue weighted by Crippen LogP contribution is -2.11. The Balaban J connectivity index is 1.88. The molecule has 6 heteroatoms. The summed E-state index contributed by atoms with van der Waals surface area (Å²) in [6.07, 6.45) is 1.61. The lowest BCUT2D eigenvalue weighted by Gasteiger charge is -2.05. The van der Waals surface area contributed by atoms with Crippen LogP contribution in [0, 0.1) is 0 Å². The molecule has 142 valence electrons. The number of para-hydroxylation sites is 1. The van der Waals surface area contributed by atoms with Gasteiger partial charge in [-0.3, -0.25) is 9.59 Å². The summed E-state index contributed by atoms with van der Waals surface area (Å²) < 4.78 is 2.88. The Morgan fingerprint density at radius 2 is 1.17 bits per heavy atom. The predicted molar refractivity (Wildman–Crippen MR) is 119 cm³/mol. The fourth-order valence-corrected chi connectivity index (χ4v) is 3.91.